The van der Waals surface area contributed by atoms with Crippen molar-refractivity contribution >= 4 is 11.9 Å². The Kier molecular flexibility index (Phi) is 8.76. The molecule has 0 spiro atoms. The van der Waals surface area contributed by atoms with Crippen molar-refractivity contribution in [2.24, 2.45) is 10.9 Å². The summed E-state index contributed by atoms with van der Waals surface area (Å²) in [5, 5.41) is 6.71. The number of hydrogen-bond donors (Lipinski definition) is 2. The van der Waals surface area contributed by atoms with Gasteiger partial charge in [0.2, 0.25) is 5.91 Å². The summed E-state index contributed by atoms with van der Waals surface area (Å²) in [6, 6.07) is 18.4. The zero-order valence-electron chi connectivity index (χ0n) is 18.6. The minimum atomic E-state index is 0.248. The number of nitrogens with one attached hydrogen (secondary N) is 2. The maximum Gasteiger partial charge on any atom is 0.223 e. The quantitative estimate of drug-likeness (QED) is 0.456. The molecule has 1 aliphatic heterocycles. The molecule has 0 radical (unpaired) electrons. The fraction of sp³-hybridized carbons (Fsp3) is 0.440. The van der Waals surface area contributed by atoms with Crippen LogP contribution in [0.15, 0.2) is 59.6 Å². The second-order valence-electron chi connectivity index (χ2n) is 7.80. The summed E-state index contributed by atoms with van der Waals surface area (Å²) in [7, 11) is 0. The fourth-order valence-corrected chi connectivity index (χ4v) is 3.77. The van der Waals surface area contributed by atoms with Crippen LogP contribution in [0.1, 0.15) is 31.4 Å². The van der Waals surface area contributed by atoms with Gasteiger partial charge in [-0.1, -0.05) is 42.5 Å². The van der Waals surface area contributed by atoms with E-state index in [-0.39, 0.29) is 5.91 Å². The van der Waals surface area contributed by atoms with Crippen LogP contribution in [0.5, 0.6) is 5.75 Å². The smallest absolute Gasteiger partial charge is 0.223 e. The fourth-order valence-electron chi connectivity index (χ4n) is 3.77. The molecule has 0 saturated carbocycles. The summed E-state index contributed by atoms with van der Waals surface area (Å²) in [5.41, 5.74) is 2.37. The van der Waals surface area contributed by atoms with Gasteiger partial charge < -0.3 is 20.3 Å². The maximum absolute atomic E-state index is 12.4. The van der Waals surface area contributed by atoms with Crippen molar-refractivity contribution in [3.8, 4) is 5.75 Å². The van der Waals surface area contributed by atoms with E-state index >= 15 is 0 Å². The molecule has 1 heterocycles. The van der Waals surface area contributed by atoms with Crippen LogP contribution in [0.2, 0.25) is 0 Å². The highest BCUT2D eigenvalue weighted by Crippen LogP contribution is 2.18. The standard InChI is InChI=1S/C25H34N4O2/c1-3-26-25(27-17-21-11-8-12-23(15-21)31-4-2)28-18-22-16-24(30)29(19-22)14-13-20-9-6-5-7-10-20/h5-12,15,22H,3-4,13-14,16-19H2,1-2H3,(H2,26,27,28). The molecule has 1 atom stereocenters. The summed E-state index contributed by atoms with van der Waals surface area (Å²) in [5.74, 6) is 2.19. The lowest BCUT2D eigenvalue weighted by molar-refractivity contribution is -0.127. The monoisotopic (exact) mass is 422 g/mol. The van der Waals surface area contributed by atoms with Gasteiger partial charge >= 0.3 is 0 Å². The molecule has 3 rings (SSSR count). The van der Waals surface area contributed by atoms with E-state index in [1.165, 1.54) is 5.56 Å². The Balaban J connectivity index is 1.48. The number of rotatable bonds is 10. The molecule has 0 aliphatic carbocycles. The molecule has 31 heavy (non-hydrogen) atoms. The number of aliphatic imine (C=N–C) groups is 1. The lowest BCUT2D eigenvalue weighted by Crippen LogP contribution is -2.40. The highest BCUT2D eigenvalue weighted by molar-refractivity contribution is 5.81. The number of carbonyl (C=O) groups is 1. The van der Waals surface area contributed by atoms with Crippen LogP contribution in [-0.4, -0.2) is 49.6 Å². The Morgan fingerprint density at radius 3 is 2.68 bits per heavy atom. The van der Waals surface area contributed by atoms with Crippen LogP contribution in [0.4, 0.5) is 0 Å². The highest BCUT2D eigenvalue weighted by Gasteiger charge is 2.29. The normalized spacial score (nSPS) is 16.5. The Morgan fingerprint density at radius 1 is 1.10 bits per heavy atom. The van der Waals surface area contributed by atoms with E-state index in [9.17, 15) is 4.79 Å². The summed E-state index contributed by atoms with van der Waals surface area (Å²) in [4.78, 5) is 19.1. The van der Waals surface area contributed by atoms with Gasteiger partial charge in [-0.3, -0.25) is 4.79 Å². The molecule has 166 valence electrons. The van der Waals surface area contributed by atoms with Gasteiger partial charge in [0.25, 0.3) is 0 Å². The molecule has 1 fully saturated rings. The van der Waals surface area contributed by atoms with E-state index in [1.807, 2.05) is 48.2 Å². The van der Waals surface area contributed by atoms with Crippen LogP contribution in [0.3, 0.4) is 0 Å². The lowest BCUT2D eigenvalue weighted by atomic mass is 10.1. The number of nitrogens with zero attached hydrogens (tertiary/aromatic N) is 2. The van der Waals surface area contributed by atoms with Crippen LogP contribution in [0, 0.1) is 5.92 Å². The summed E-state index contributed by atoms with van der Waals surface area (Å²) >= 11 is 0. The first-order chi connectivity index (χ1) is 15.2. The predicted molar refractivity (Wildman–Crippen MR) is 125 cm³/mol. The second-order valence-corrected chi connectivity index (χ2v) is 7.80. The zero-order valence-corrected chi connectivity index (χ0v) is 18.6. The van der Waals surface area contributed by atoms with E-state index in [0.29, 0.717) is 25.5 Å². The molecular formula is C25H34N4O2. The van der Waals surface area contributed by atoms with Crippen molar-refractivity contribution in [3.63, 3.8) is 0 Å². The third-order valence-corrected chi connectivity index (χ3v) is 5.34. The zero-order chi connectivity index (χ0) is 21.9. The van der Waals surface area contributed by atoms with Crippen LogP contribution < -0.4 is 15.4 Å². The number of guanidine groups is 1. The van der Waals surface area contributed by atoms with Gasteiger partial charge in [-0.05, 0) is 43.5 Å². The minimum absolute atomic E-state index is 0.248. The molecule has 6 heteroatoms. The predicted octanol–water partition coefficient (Wildman–Crippen LogP) is 3.23. The van der Waals surface area contributed by atoms with Crippen molar-refractivity contribution < 1.29 is 9.53 Å². The summed E-state index contributed by atoms with van der Waals surface area (Å²) < 4.78 is 5.57. The van der Waals surface area contributed by atoms with Crippen molar-refractivity contribution in [1.29, 1.82) is 0 Å². The average molecular weight is 423 g/mol. The van der Waals surface area contributed by atoms with Gasteiger partial charge in [0, 0.05) is 38.5 Å². The average Bonchev–Trinajstić information content (AvgIpc) is 3.15. The lowest BCUT2D eigenvalue weighted by Gasteiger charge is -2.18. The van der Waals surface area contributed by atoms with Gasteiger partial charge in [0.05, 0.1) is 13.2 Å². The first-order valence-corrected chi connectivity index (χ1v) is 11.2. The largest absolute Gasteiger partial charge is 0.494 e. The molecule has 1 amide bonds. The molecule has 2 N–H and O–H groups in total. The van der Waals surface area contributed by atoms with Crippen molar-refractivity contribution in [2.45, 2.75) is 33.2 Å². The Hall–Kier alpha value is -3.02. The van der Waals surface area contributed by atoms with Crippen LogP contribution in [-0.2, 0) is 17.8 Å². The molecule has 0 bridgehead atoms. The van der Waals surface area contributed by atoms with Crippen molar-refractivity contribution in [3.05, 3.63) is 65.7 Å². The molecular weight excluding hydrogens is 388 g/mol. The SMILES string of the molecule is CCNC(=NCc1cccc(OCC)c1)NCC1CC(=O)N(CCc2ccccc2)C1. The third kappa shape index (κ3) is 7.31. The first kappa shape index (κ1) is 22.7. The van der Waals surface area contributed by atoms with E-state index in [0.717, 1.165) is 49.9 Å². The van der Waals surface area contributed by atoms with Gasteiger partial charge in [0.15, 0.2) is 5.96 Å². The number of ether oxygens (including phenoxy) is 1. The van der Waals surface area contributed by atoms with E-state index in [4.69, 9.17) is 9.73 Å². The summed E-state index contributed by atoms with van der Waals surface area (Å²) in [6.07, 6.45) is 1.50. The molecule has 1 aliphatic rings. The summed E-state index contributed by atoms with van der Waals surface area (Å²) in [6.45, 7) is 8.36. The van der Waals surface area contributed by atoms with E-state index in [2.05, 4.69) is 35.8 Å². The first-order valence-electron chi connectivity index (χ1n) is 11.2. The molecule has 2 aromatic carbocycles. The Labute approximate surface area is 185 Å². The minimum Gasteiger partial charge on any atom is -0.494 e. The van der Waals surface area contributed by atoms with E-state index < -0.39 is 0 Å². The molecule has 0 aromatic heterocycles. The highest BCUT2D eigenvalue weighted by atomic mass is 16.5. The van der Waals surface area contributed by atoms with Gasteiger partial charge in [-0.2, -0.15) is 0 Å². The van der Waals surface area contributed by atoms with Gasteiger partial charge in [-0.15, -0.1) is 0 Å². The van der Waals surface area contributed by atoms with Crippen LogP contribution in [0.25, 0.3) is 0 Å². The van der Waals surface area contributed by atoms with E-state index in [1.54, 1.807) is 0 Å². The molecule has 2 aromatic rings. The van der Waals surface area contributed by atoms with Gasteiger partial charge in [-0.25, -0.2) is 4.99 Å². The molecule has 6 nitrogen and oxygen atoms in total. The Bertz CT molecular complexity index is 854. The van der Waals surface area contributed by atoms with Crippen molar-refractivity contribution in [1.82, 2.24) is 15.5 Å². The topological polar surface area (TPSA) is 66.0 Å². The van der Waals surface area contributed by atoms with Crippen LogP contribution >= 0.6 is 0 Å². The number of carbonyl (C=O) groups excluding carboxylic acids is 1. The third-order valence-electron chi connectivity index (χ3n) is 5.34. The molecule has 1 saturated heterocycles. The second kappa shape index (κ2) is 12.0. The molecule has 1 unspecified atom stereocenters. The number of benzene rings is 2. The maximum atomic E-state index is 12.4. The van der Waals surface area contributed by atoms with Crippen molar-refractivity contribution in [2.75, 3.05) is 32.8 Å². The Morgan fingerprint density at radius 2 is 1.90 bits per heavy atom. The van der Waals surface area contributed by atoms with Gasteiger partial charge in [0.1, 0.15) is 5.75 Å². The number of hydrogen-bond acceptors (Lipinski definition) is 3. The number of likely N-dealkylation sites (tertiary alicyclic amines) is 1. The number of amides is 1.